The zero-order valence-electron chi connectivity index (χ0n) is 13.3. The van der Waals surface area contributed by atoms with Gasteiger partial charge in [-0.15, -0.1) is 12.4 Å². The van der Waals surface area contributed by atoms with Crippen LogP contribution in [0.4, 0.5) is 0 Å². The Hall–Kier alpha value is -1.59. The molecule has 1 atom stereocenters. The molecule has 1 aromatic carbocycles. The van der Waals surface area contributed by atoms with Gasteiger partial charge in [-0.2, -0.15) is 0 Å². The summed E-state index contributed by atoms with van der Waals surface area (Å²) in [7, 11) is 0. The Morgan fingerprint density at radius 3 is 2.36 bits per heavy atom. The van der Waals surface area contributed by atoms with E-state index in [9.17, 15) is 9.59 Å². The van der Waals surface area contributed by atoms with E-state index in [0.29, 0.717) is 13.0 Å². The van der Waals surface area contributed by atoms with Gasteiger partial charge in [0.05, 0.1) is 18.1 Å². The molecule has 0 spiro atoms. The van der Waals surface area contributed by atoms with Gasteiger partial charge in [-0.3, -0.25) is 9.59 Å². The molecule has 3 N–H and O–H groups in total. The standard InChI is InChI=1S/C16H24N2O3.ClH/c1-4-21-14(19)13(10-12-8-6-5-7-9-12)11-18-15(20)16(2,3)17;/h5-9,13H,4,10-11,17H2,1-3H3,(H,18,20);1H. The largest absolute Gasteiger partial charge is 0.466 e. The Morgan fingerprint density at radius 2 is 1.86 bits per heavy atom. The Bertz CT molecular complexity index is 472. The second kappa shape index (κ2) is 9.43. The highest BCUT2D eigenvalue weighted by Crippen LogP contribution is 2.10. The van der Waals surface area contributed by atoms with E-state index in [1.165, 1.54) is 0 Å². The van der Waals surface area contributed by atoms with Crippen LogP contribution in [0.25, 0.3) is 0 Å². The third-order valence-corrected chi connectivity index (χ3v) is 3.04. The van der Waals surface area contributed by atoms with E-state index in [0.717, 1.165) is 5.56 Å². The van der Waals surface area contributed by atoms with Crippen molar-refractivity contribution >= 4 is 24.3 Å². The predicted octanol–water partition coefficient (Wildman–Crippen LogP) is 1.68. The second-order valence-electron chi connectivity index (χ2n) is 5.57. The van der Waals surface area contributed by atoms with Crippen molar-refractivity contribution < 1.29 is 14.3 Å². The van der Waals surface area contributed by atoms with Gasteiger partial charge < -0.3 is 15.8 Å². The van der Waals surface area contributed by atoms with Crippen molar-refractivity contribution in [3.8, 4) is 0 Å². The lowest BCUT2D eigenvalue weighted by molar-refractivity contribution is -0.148. The summed E-state index contributed by atoms with van der Waals surface area (Å²) < 4.78 is 5.07. The number of rotatable bonds is 7. The summed E-state index contributed by atoms with van der Waals surface area (Å²) in [5, 5.41) is 2.72. The molecule has 0 aromatic heterocycles. The smallest absolute Gasteiger partial charge is 0.311 e. The third-order valence-electron chi connectivity index (χ3n) is 3.04. The lowest BCUT2D eigenvalue weighted by Gasteiger charge is -2.21. The summed E-state index contributed by atoms with van der Waals surface area (Å²) in [5.74, 6) is -1.01. The number of amides is 1. The summed E-state index contributed by atoms with van der Waals surface area (Å²) >= 11 is 0. The van der Waals surface area contributed by atoms with E-state index < -0.39 is 11.5 Å². The summed E-state index contributed by atoms with van der Waals surface area (Å²) in [6.45, 7) is 5.55. The topological polar surface area (TPSA) is 81.4 Å². The molecular formula is C16H25ClN2O3. The fourth-order valence-electron chi connectivity index (χ4n) is 1.84. The molecule has 0 aliphatic carbocycles. The minimum Gasteiger partial charge on any atom is -0.466 e. The molecular weight excluding hydrogens is 304 g/mol. The summed E-state index contributed by atoms with van der Waals surface area (Å²) in [4.78, 5) is 23.8. The number of nitrogens with one attached hydrogen (secondary N) is 1. The number of halogens is 1. The number of nitrogens with two attached hydrogens (primary N) is 1. The zero-order chi connectivity index (χ0) is 15.9. The number of carbonyl (C=O) groups is 2. The van der Waals surface area contributed by atoms with E-state index in [2.05, 4.69) is 5.32 Å². The molecule has 1 aromatic rings. The highest BCUT2D eigenvalue weighted by atomic mass is 35.5. The Balaban J connectivity index is 0.00000441. The van der Waals surface area contributed by atoms with Crippen LogP contribution in [0.3, 0.4) is 0 Å². The number of benzene rings is 1. The van der Waals surface area contributed by atoms with Crippen LogP contribution in [0.15, 0.2) is 30.3 Å². The van der Waals surface area contributed by atoms with Gasteiger partial charge in [-0.1, -0.05) is 30.3 Å². The normalized spacial score (nSPS) is 12.0. The van der Waals surface area contributed by atoms with Crippen molar-refractivity contribution in [2.45, 2.75) is 32.7 Å². The van der Waals surface area contributed by atoms with E-state index in [1.54, 1.807) is 20.8 Å². The van der Waals surface area contributed by atoms with Crippen LogP contribution in [0.1, 0.15) is 26.3 Å². The van der Waals surface area contributed by atoms with Gasteiger partial charge in [-0.05, 0) is 32.8 Å². The van der Waals surface area contributed by atoms with Gasteiger partial charge >= 0.3 is 5.97 Å². The minimum absolute atomic E-state index is 0. The van der Waals surface area contributed by atoms with Crippen molar-refractivity contribution in [3.63, 3.8) is 0 Å². The molecule has 0 fully saturated rings. The first-order valence-corrected chi connectivity index (χ1v) is 7.12. The molecule has 1 unspecified atom stereocenters. The van der Waals surface area contributed by atoms with E-state index >= 15 is 0 Å². The van der Waals surface area contributed by atoms with Crippen molar-refractivity contribution in [3.05, 3.63) is 35.9 Å². The SMILES string of the molecule is CCOC(=O)C(CNC(=O)C(C)(C)N)Cc1ccccc1.Cl. The van der Waals surface area contributed by atoms with Crippen LogP contribution in [0, 0.1) is 5.92 Å². The number of hydrogen-bond acceptors (Lipinski definition) is 4. The van der Waals surface area contributed by atoms with E-state index in [1.807, 2.05) is 30.3 Å². The quantitative estimate of drug-likeness (QED) is 0.746. The first-order valence-electron chi connectivity index (χ1n) is 7.12. The Kier molecular flexibility index (Phi) is 8.75. The highest BCUT2D eigenvalue weighted by molar-refractivity contribution is 5.86. The Morgan fingerprint density at radius 1 is 1.27 bits per heavy atom. The van der Waals surface area contributed by atoms with Gasteiger partial charge in [-0.25, -0.2) is 0 Å². The lowest BCUT2D eigenvalue weighted by Crippen LogP contribution is -2.50. The molecule has 124 valence electrons. The molecule has 0 heterocycles. The molecule has 22 heavy (non-hydrogen) atoms. The Labute approximate surface area is 138 Å². The highest BCUT2D eigenvalue weighted by Gasteiger charge is 2.25. The van der Waals surface area contributed by atoms with Gasteiger partial charge in [0, 0.05) is 6.54 Å². The fraction of sp³-hybridized carbons (Fsp3) is 0.500. The van der Waals surface area contributed by atoms with Gasteiger partial charge in [0.1, 0.15) is 0 Å². The van der Waals surface area contributed by atoms with Gasteiger partial charge in [0.15, 0.2) is 0 Å². The minimum atomic E-state index is -0.966. The lowest BCUT2D eigenvalue weighted by atomic mass is 9.98. The average molecular weight is 329 g/mol. The zero-order valence-corrected chi connectivity index (χ0v) is 14.1. The molecule has 0 aliphatic heterocycles. The molecule has 0 saturated heterocycles. The fourth-order valence-corrected chi connectivity index (χ4v) is 1.84. The first-order chi connectivity index (χ1) is 9.84. The van der Waals surface area contributed by atoms with Crippen molar-refractivity contribution in [2.75, 3.05) is 13.2 Å². The number of hydrogen-bond donors (Lipinski definition) is 2. The van der Waals surface area contributed by atoms with Crippen LogP contribution in [-0.2, 0) is 20.7 Å². The van der Waals surface area contributed by atoms with Crippen LogP contribution in [-0.4, -0.2) is 30.6 Å². The van der Waals surface area contributed by atoms with Crippen LogP contribution < -0.4 is 11.1 Å². The molecule has 5 nitrogen and oxygen atoms in total. The van der Waals surface area contributed by atoms with Crippen LogP contribution in [0.2, 0.25) is 0 Å². The first kappa shape index (κ1) is 20.4. The van der Waals surface area contributed by atoms with Gasteiger partial charge in [0.2, 0.25) is 5.91 Å². The average Bonchev–Trinajstić information content (AvgIpc) is 2.43. The van der Waals surface area contributed by atoms with Crippen molar-refractivity contribution in [2.24, 2.45) is 11.7 Å². The predicted molar refractivity (Wildman–Crippen MR) is 88.8 cm³/mol. The maximum atomic E-state index is 12.0. The summed E-state index contributed by atoms with van der Waals surface area (Å²) in [6, 6.07) is 9.64. The number of carbonyl (C=O) groups excluding carboxylic acids is 2. The van der Waals surface area contributed by atoms with Crippen LogP contribution in [0.5, 0.6) is 0 Å². The molecule has 0 radical (unpaired) electrons. The molecule has 1 rings (SSSR count). The van der Waals surface area contributed by atoms with Crippen molar-refractivity contribution in [1.82, 2.24) is 5.32 Å². The third kappa shape index (κ3) is 6.91. The van der Waals surface area contributed by atoms with E-state index in [4.69, 9.17) is 10.5 Å². The summed E-state index contributed by atoms with van der Waals surface area (Å²) in [5.41, 5.74) is 5.78. The van der Waals surface area contributed by atoms with Crippen LogP contribution >= 0.6 is 12.4 Å². The number of ether oxygens (including phenoxy) is 1. The van der Waals surface area contributed by atoms with Crippen molar-refractivity contribution in [1.29, 1.82) is 0 Å². The second-order valence-corrected chi connectivity index (χ2v) is 5.57. The molecule has 0 aliphatic rings. The number of esters is 1. The molecule has 1 amide bonds. The maximum absolute atomic E-state index is 12.0. The molecule has 0 bridgehead atoms. The monoisotopic (exact) mass is 328 g/mol. The summed E-state index contributed by atoms with van der Waals surface area (Å²) in [6.07, 6.45) is 0.519. The molecule has 0 saturated carbocycles. The maximum Gasteiger partial charge on any atom is 0.311 e. The van der Waals surface area contributed by atoms with E-state index in [-0.39, 0.29) is 30.8 Å². The van der Waals surface area contributed by atoms with Gasteiger partial charge in [0.25, 0.3) is 0 Å². The molecule has 6 heteroatoms.